The minimum Gasteiger partial charge on any atom is -0.497 e. The van der Waals surface area contributed by atoms with Crippen LogP contribution >= 0.6 is 0 Å². The predicted molar refractivity (Wildman–Crippen MR) is 103 cm³/mol. The highest BCUT2D eigenvalue weighted by Crippen LogP contribution is 2.46. The van der Waals surface area contributed by atoms with Gasteiger partial charge in [-0.3, -0.25) is 14.5 Å². The standard InChI is InChI=1S/C21H28N2O5/c1-14-9-20(2,3)13-21(10-14)18(25)23(19(26)22-21)11-17(24)28-12-15-5-7-16(27-4)8-6-15/h5-8,14H,9-13H2,1-4H3,(H,22,26)/t14-,21-/m0/s1. The first kappa shape index (κ1) is 20.2. The van der Waals surface area contributed by atoms with Crippen molar-refractivity contribution in [3.63, 3.8) is 0 Å². The molecule has 2 atom stereocenters. The quantitative estimate of drug-likeness (QED) is 0.619. The van der Waals surface area contributed by atoms with Crippen LogP contribution in [0.5, 0.6) is 5.75 Å². The molecule has 7 nitrogen and oxygen atoms in total. The van der Waals surface area contributed by atoms with Gasteiger partial charge in [-0.25, -0.2) is 4.79 Å². The van der Waals surface area contributed by atoms with Crippen molar-refractivity contribution in [3.05, 3.63) is 29.8 Å². The molecule has 0 aromatic heterocycles. The van der Waals surface area contributed by atoms with E-state index < -0.39 is 17.5 Å². The molecule has 0 unspecified atom stereocenters. The van der Waals surface area contributed by atoms with Gasteiger partial charge in [-0.05, 0) is 48.3 Å². The second kappa shape index (κ2) is 7.45. The number of hydrogen-bond donors (Lipinski definition) is 1. The number of methoxy groups -OCH3 is 1. The fourth-order valence-electron chi connectivity index (χ4n) is 4.71. The highest BCUT2D eigenvalue weighted by atomic mass is 16.5. The number of hydrogen-bond acceptors (Lipinski definition) is 5. The summed E-state index contributed by atoms with van der Waals surface area (Å²) in [5.41, 5.74) is -0.161. The minimum absolute atomic E-state index is 0.0501. The van der Waals surface area contributed by atoms with Crippen LogP contribution in [0.4, 0.5) is 4.79 Å². The summed E-state index contributed by atoms with van der Waals surface area (Å²) in [7, 11) is 1.58. The Morgan fingerprint density at radius 3 is 2.50 bits per heavy atom. The molecule has 1 heterocycles. The van der Waals surface area contributed by atoms with Crippen molar-refractivity contribution < 1.29 is 23.9 Å². The third-order valence-electron chi connectivity index (χ3n) is 5.47. The van der Waals surface area contributed by atoms with E-state index in [0.717, 1.165) is 16.9 Å². The van der Waals surface area contributed by atoms with Crippen LogP contribution < -0.4 is 10.1 Å². The number of nitrogens with zero attached hydrogens (tertiary/aromatic N) is 1. The number of rotatable bonds is 5. The Morgan fingerprint density at radius 1 is 1.21 bits per heavy atom. The third-order valence-corrected chi connectivity index (χ3v) is 5.47. The second-order valence-corrected chi connectivity index (χ2v) is 8.77. The predicted octanol–water partition coefficient (Wildman–Crippen LogP) is 2.88. The number of carbonyl (C=O) groups is 3. The number of nitrogens with one attached hydrogen (secondary N) is 1. The molecule has 1 N–H and O–H groups in total. The van der Waals surface area contributed by atoms with Crippen LogP contribution in [-0.2, 0) is 20.9 Å². The first-order valence-corrected chi connectivity index (χ1v) is 9.57. The van der Waals surface area contributed by atoms with E-state index in [1.54, 1.807) is 31.4 Å². The van der Waals surface area contributed by atoms with E-state index in [-0.39, 0.29) is 24.5 Å². The molecule has 2 fully saturated rings. The summed E-state index contributed by atoms with van der Waals surface area (Å²) in [6.07, 6.45) is 2.17. The average molecular weight is 388 g/mol. The number of amides is 3. The van der Waals surface area contributed by atoms with Crippen molar-refractivity contribution in [3.8, 4) is 5.75 Å². The fourth-order valence-corrected chi connectivity index (χ4v) is 4.71. The summed E-state index contributed by atoms with van der Waals surface area (Å²) in [5.74, 6) is 0.0947. The molecule has 1 aliphatic carbocycles. The summed E-state index contributed by atoms with van der Waals surface area (Å²) >= 11 is 0. The molecule has 1 aromatic rings. The van der Waals surface area contributed by atoms with Gasteiger partial charge in [0.25, 0.3) is 5.91 Å². The van der Waals surface area contributed by atoms with E-state index in [9.17, 15) is 14.4 Å². The number of ether oxygens (including phenoxy) is 2. The molecule has 1 spiro atoms. The summed E-state index contributed by atoms with van der Waals surface area (Å²) in [4.78, 5) is 38.7. The van der Waals surface area contributed by atoms with Gasteiger partial charge in [0, 0.05) is 0 Å². The van der Waals surface area contributed by atoms with Crippen molar-refractivity contribution in [1.82, 2.24) is 10.2 Å². The van der Waals surface area contributed by atoms with Gasteiger partial charge >= 0.3 is 12.0 Å². The van der Waals surface area contributed by atoms with E-state index in [1.165, 1.54) is 0 Å². The maximum atomic E-state index is 13.0. The lowest BCUT2D eigenvalue weighted by atomic mass is 9.64. The molecule has 1 saturated carbocycles. The number of benzene rings is 1. The van der Waals surface area contributed by atoms with Gasteiger partial charge in [-0.1, -0.05) is 32.9 Å². The summed E-state index contributed by atoms with van der Waals surface area (Å²) < 4.78 is 10.3. The van der Waals surface area contributed by atoms with Gasteiger partial charge in [0.2, 0.25) is 0 Å². The Morgan fingerprint density at radius 2 is 1.89 bits per heavy atom. The lowest BCUT2D eigenvalue weighted by Gasteiger charge is -2.43. The lowest BCUT2D eigenvalue weighted by Crippen LogP contribution is -2.54. The normalized spacial score (nSPS) is 26.3. The SMILES string of the molecule is COc1ccc(COC(=O)CN2C(=O)N[C@]3(C[C@@H](C)CC(C)(C)C3)C2=O)cc1. The minimum atomic E-state index is -0.908. The number of esters is 1. The molecule has 152 valence electrons. The Bertz CT molecular complexity index is 774. The molecular formula is C21H28N2O5. The van der Waals surface area contributed by atoms with Gasteiger partial charge in [-0.2, -0.15) is 0 Å². The molecule has 7 heteroatoms. The van der Waals surface area contributed by atoms with Gasteiger partial charge in [0.1, 0.15) is 24.4 Å². The van der Waals surface area contributed by atoms with Crippen molar-refractivity contribution >= 4 is 17.9 Å². The molecule has 1 aromatic carbocycles. The summed E-state index contributed by atoms with van der Waals surface area (Å²) in [5, 5.41) is 2.86. The van der Waals surface area contributed by atoms with Crippen molar-refractivity contribution in [2.75, 3.05) is 13.7 Å². The van der Waals surface area contributed by atoms with Gasteiger partial charge in [0.05, 0.1) is 7.11 Å². The molecule has 3 amide bonds. The van der Waals surface area contributed by atoms with Crippen molar-refractivity contribution in [1.29, 1.82) is 0 Å². The molecule has 3 rings (SSSR count). The van der Waals surface area contributed by atoms with Gasteiger partial charge < -0.3 is 14.8 Å². The fraction of sp³-hybridized carbons (Fsp3) is 0.571. The van der Waals surface area contributed by atoms with Crippen LogP contribution in [0.1, 0.15) is 45.6 Å². The number of carbonyl (C=O) groups excluding carboxylic acids is 3. The van der Waals surface area contributed by atoms with Crippen LogP contribution in [0, 0.1) is 11.3 Å². The van der Waals surface area contributed by atoms with E-state index in [4.69, 9.17) is 9.47 Å². The smallest absolute Gasteiger partial charge is 0.326 e. The molecule has 1 saturated heterocycles. The van der Waals surface area contributed by atoms with Gasteiger partial charge in [0.15, 0.2) is 0 Å². The van der Waals surface area contributed by atoms with Gasteiger partial charge in [-0.15, -0.1) is 0 Å². The molecule has 28 heavy (non-hydrogen) atoms. The highest BCUT2D eigenvalue weighted by Gasteiger charge is 2.56. The van der Waals surface area contributed by atoms with Crippen LogP contribution in [-0.4, -0.2) is 42.0 Å². The van der Waals surface area contributed by atoms with E-state index in [1.807, 2.05) is 0 Å². The largest absolute Gasteiger partial charge is 0.497 e. The van der Waals surface area contributed by atoms with E-state index in [0.29, 0.717) is 24.5 Å². The van der Waals surface area contributed by atoms with E-state index >= 15 is 0 Å². The van der Waals surface area contributed by atoms with Crippen LogP contribution in [0.3, 0.4) is 0 Å². The Labute approximate surface area is 165 Å². The van der Waals surface area contributed by atoms with Crippen molar-refractivity contribution in [2.24, 2.45) is 11.3 Å². The summed E-state index contributed by atoms with van der Waals surface area (Å²) in [6, 6.07) is 6.61. The highest BCUT2D eigenvalue weighted by molar-refractivity contribution is 6.08. The van der Waals surface area contributed by atoms with Crippen LogP contribution in [0.2, 0.25) is 0 Å². The molecule has 0 radical (unpaired) electrons. The van der Waals surface area contributed by atoms with Crippen molar-refractivity contribution in [2.45, 2.75) is 52.2 Å². The number of urea groups is 1. The zero-order valence-electron chi connectivity index (χ0n) is 16.9. The first-order chi connectivity index (χ1) is 13.1. The Balaban J connectivity index is 1.61. The maximum absolute atomic E-state index is 13.0. The van der Waals surface area contributed by atoms with E-state index in [2.05, 4.69) is 26.1 Å². The molecule has 1 aliphatic heterocycles. The lowest BCUT2D eigenvalue weighted by molar-refractivity contribution is -0.149. The summed E-state index contributed by atoms with van der Waals surface area (Å²) in [6.45, 7) is 6.00. The second-order valence-electron chi connectivity index (χ2n) is 8.77. The molecule has 0 bridgehead atoms. The zero-order chi connectivity index (χ0) is 20.5. The monoisotopic (exact) mass is 388 g/mol. The van der Waals surface area contributed by atoms with Crippen LogP contribution in [0.15, 0.2) is 24.3 Å². The zero-order valence-corrected chi connectivity index (χ0v) is 16.9. The molecule has 2 aliphatic rings. The molecular weight excluding hydrogens is 360 g/mol. The first-order valence-electron chi connectivity index (χ1n) is 9.57. The van der Waals surface area contributed by atoms with Crippen LogP contribution in [0.25, 0.3) is 0 Å². The third kappa shape index (κ3) is 4.13. The Hall–Kier alpha value is -2.57. The number of imide groups is 1. The Kier molecular flexibility index (Phi) is 5.37. The maximum Gasteiger partial charge on any atom is 0.326 e. The topological polar surface area (TPSA) is 84.9 Å². The average Bonchev–Trinajstić information content (AvgIpc) is 2.82.